The lowest BCUT2D eigenvalue weighted by Crippen LogP contribution is -2.49. The van der Waals surface area contributed by atoms with Gasteiger partial charge in [0.1, 0.15) is 17.4 Å². The van der Waals surface area contributed by atoms with Gasteiger partial charge in [-0.1, -0.05) is 47.7 Å². The average Bonchev–Trinajstić information content (AvgIpc) is 3.26. The van der Waals surface area contributed by atoms with E-state index in [-0.39, 0.29) is 11.5 Å². The highest BCUT2D eigenvalue weighted by atomic mass is 32.2. The lowest BCUT2D eigenvalue weighted by atomic mass is 10.2. The molecule has 6 heteroatoms. The summed E-state index contributed by atoms with van der Waals surface area (Å²) in [5, 5.41) is 10.3. The van der Waals surface area contributed by atoms with E-state index in [0.29, 0.717) is 18.8 Å². The number of anilines is 1. The minimum Gasteiger partial charge on any atom is -0.450 e. The number of benzene rings is 2. The number of amides is 1. The van der Waals surface area contributed by atoms with Crippen LogP contribution in [0, 0.1) is 18.3 Å². The zero-order chi connectivity index (χ0) is 21.6. The lowest BCUT2D eigenvalue weighted by molar-refractivity contribution is -0.126. The summed E-state index contributed by atoms with van der Waals surface area (Å²) in [5.74, 6) is 0.252. The summed E-state index contributed by atoms with van der Waals surface area (Å²) in [7, 11) is 0. The van der Waals surface area contributed by atoms with Crippen molar-refractivity contribution >= 4 is 29.4 Å². The van der Waals surface area contributed by atoms with E-state index in [9.17, 15) is 10.1 Å². The maximum Gasteiger partial charge on any atom is 0.264 e. The lowest BCUT2D eigenvalue weighted by Gasteiger charge is -2.36. The number of nitriles is 1. The van der Waals surface area contributed by atoms with Crippen molar-refractivity contribution in [2.24, 2.45) is 0 Å². The summed E-state index contributed by atoms with van der Waals surface area (Å²) in [5.41, 5.74) is 2.45. The Hall–Kier alpha value is -3.43. The van der Waals surface area contributed by atoms with Gasteiger partial charge >= 0.3 is 0 Å². The molecule has 1 fully saturated rings. The fourth-order valence-corrected chi connectivity index (χ4v) is 4.23. The topological polar surface area (TPSA) is 60.5 Å². The van der Waals surface area contributed by atoms with E-state index in [1.165, 1.54) is 23.4 Å². The van der Waals surface area contributed by atoms with Crippen LogP contribution in [-0.4, -0.2) is 37.0 Å². The number of aryl methyl sites for hydroxylation is 1. The van der Waals surface area contributed by atoms with Crippen molar-refractivity contribution in [2.75, 3.05) is 31.1 Å². The van der Waals surface area contributed by atoms with Crippen molar-refractivity contribution in [3.63, 3.8) is 0 Å². The fourth-order valence-electron chi connectivity index (χ4n) is 3.45. The first-order valence-electron chi connectivity index (χ1n) is 10.2. The van der Waals surface area contributed by atoms with Crippen LogP contribution in [0.3, 0.4) is 0 Å². The van der Waals surface area contributed by atoms with Crippen LogP contribution in [0.1, 0.15) is 11.3 Å². The van der Waals surface area contributed by atoms with Gasteiger partial charge in [-0.2, -0.15) is 5.26 Å². The van der Waals surface area contributed by atoms with Crippen LogP contribution in [0.2, 0.25) is 0 Å². The van der Waals surface area contributed by atoms with Crippen LogP contribution in [-0.2, 0) is 4.79 Å². The van der Waals surface area contributed by atoms with Gasteiger partial charge in [0, 0.05) is 42.8 Å². The molecule has 2 aromatic carbocycles. The van der Waals surface area contributed by atoms with Gasteiger partial charge in [-0.05, 0) is 43.3 Å². The Labute approximate surface area is 186 Å². The number of nitrogens with zero attached hydrogens (tertiary/aromatic N) is 3. The van der Waals surface area contributed by atoms with E-state index < -0.39 is 0 Å². The molecule has 4 rings (SSSR count). The highest BCUT2D eigenvalue weighted by Gasteiger charge is 2.24. The molecule has 2 heterocycles. The molecule has 0 radical (unpaired) electrons. The van der Waals surface area contributed by atoms with E-state index in [0.717, 1.165) is 28.8 Å². The smallest absolute Gasteiger partial charge is 0.264 e. The number of para-hydroxylation sites is 1. The number of hydrogen-bond acceptors (Lipinski definition) is 5. The maximum atomic E-state index is 12.9. The predicted molar refractivity (Wildman–Crippen MR) is 123 cm³/mol. The molecule has 156 valence electrons. The molecule has 0 saturated carbocycles. The fraction of sp³-hybridized carbons (Fsp3) is 0.200. The van der Waals surface area contributed by atoms with E-state index in [2.05, 4.69) is 29.2 Å². The first-order chi connectivity index (χ1) is 15.1. The molecule has 0 bridgehead atoms. The minimum absolute atomic E-state index is 0.0920. The monoisotopic (exact) mass is 429 g/mol. The Kier molecular flexibility index (Phi) is 6.44. The Morgan fingerprint density at radius 2 is 1.71 bits per heavy atom. The Morgan fingerprint density at radius 1 is 1.00 bits per heavy atom. The third-order valence-electron chi connectivity index (χ3n) is 5.17. The van der Waals surface area contributed by atoms with E-state index >= 15 is 0 Å². The van der Waals surface area contributed by atoms with Crippen molar-refractivity contribution in [1.29, 1.82) is 5.26 Å². The van der Waals surface area contributed by atoms with Crippen molar-refractivity contribution < 1.29 is 9.21 Å². The molecule has 0 aliphatic carbocycles. The summed E-state index contributed by atoms with van der Waals surface area (Å²) in [6.07, 6.45) is 1.53. The Balaban J connectivity index is 1.39. The molecular formula is C25H23N3O2S. The van der Waals surface area contributed by atoms with Gasteiger partial charge in [0.05, 0.1) is 0 Å². The highest BCUT2D eigenvalue weighted by Crippen LogP contribution is 2.30. The van der Waals surface area contributed by atoms with Gasteiger partial charge in [0.2, 0.25) is 0 Å². The van der Waals surface area contributed by atoms with Gasteiger partial charge in [0.25, 0.3) is 5.91 Å². The van der Waals surface area contributed by atoms with Crippen molar-refractivity contribution in [3.8, 4) is 6.07 Å². The summed E-state index contributed by atoms with van der Waals surface area (Å²) < 4.78 is 5.82. The summed E-state index contributed by atoms with van der Waals surface area (Å²) >= 11 is 1.51. The van der Waals surface area contributed by atoms with Gasteiger partial charge in [-0.25, -0.2) is 0 Å². The molecule has 1 aliphatic heterocycles. The number of carbonyl (C=O) groups excluding carboxylic acids is 1. The second-order valence-corrected chi connectivity index (χ2v) is 8.43. The maximum absolute atomic E-state index is 12.9. The second kappa shape index (κ2) is 9.59. The number of hydrogen-bond donors (Lipinski definition) is 0. The van der Waals surface area contributed by atoms with Crippen LogP contribution < -0.4 is 4.90 Å². The number of furan rings is 1. The molecule has 1 aliphatic rings. The number of carbonyl (C=O) groups is 1. The van der Waals surface area contributed by atoms with Crippen LogP contribution in [0.4, 0.5) is 5.69 Å². The molecule has 1 saturated heterocycles. The molecule has 0 unspecified atom stereocenters. The van der Waals surface area contributed by atoms with Crippen molar-refractivity contribution in [3.05, 3.63) is 83.6 Å². The minimum atomic E-state index is -0.251. The first kappa shape index (κ1) is 20.8. The van der Waals surface area contributed by atoms with Gasteiger partial charge in [-0.3, -0.25) is 4.79 Å². The molecule has 3 aromatic rings. The number of rotatable bonds is 5. The molecular weight excluding hydrogens is 406 g/mol. The van der Waals surface area contributed by atoms with Gasteiger partial charge < -0.3 is 14.2 Å². The zero-order valence-corrected chi connectivity index (χ0v) is 18.1. The van der Waals surface area contributed by atoms with Crippen LogP contribution in [0.5, 0.6) is 0 Å². The van der Waals surface area contributed by atoms with Crippen molar-refractivity contribution in [2.45, 2.75) is 16.9 Å². The van der Waals surface area contributed by atoms with Crippen LogP contribution in [0.25, 0.3) is 6.08 Å². The van der Waals surface area contributed by atoms with Gasteiger partial charge in [-0.15, -0.1) is 0 Å². The summed E-state index contributed by atoms with van der Waals surface area (Å²) in [6, 6.07) is 24.0. The predicted octanol–water partition coefficient (Wildman–Crippen LogP) is 5.00. The van der Waals surface area contributed by atoms with E-state index in [4.69, 9.17) is 4.42 Å². The van der Waals surface area contributed by atoms with Crippen molar-refractivity contribution in [1.82, 2.24) is 4.90 Å². The number of piperazine rings is 1. The third kappa shape index (κ3) is 5.19. The molecule has 1 amide bonds. The largest absolute Gasteiger partial charge is 0.450 e. The standard InChI is InChI=1S/C25H23N3O2S/c1-19-7-10-23(11-8-19)31-24-12-9-22(30-24)17-20(18-26)25(29)28-15-13-27(14-16-28)21-5-3-2-4-6-21/h2-12,17H,13-16H2,1H3/b20-17-. The molecule has 0 atom stereocenters. The molecule has 0 spiro atoms. The summed E-state index contributed by atoms with van der Waals surface area (Å²) in [6.45, 7) is 4.70. The third-order valence-corrected chi connectivity index (χ3v) is 6.10. The first-order valence-corrected chi connectivity index (χ1v) is 11.0. The Morgan fingerprint density at radius 3 is 2.39 bits per heavy atom. The molecule has 5 nitrogen and oxygen atoms in total. The molecule has 0 N–H and O–H groups in total. The van der Waals surface area contributed by atoms with E-state index in [1.54, 1.807) is 11.0 Å². The summed E-state index contributed by atoms with van der Waals surface area (Å²) in [4.78, 5) is 17.9. The Bertz CT molecular complexity index is 1110. The second-order valence-electron chi connectivity index (χ2n) is 7.36. The highest BCUT2D eigenvalue weighted by molar-refractivity contribution is 7.99. The zero-order valence-electron chi connectivity index (χ0n) is 17.3. The van der Waals surface area contributed by atoms with E-state index in [1.807, 2.05) is 49.4 Å². The quantitative estimate of drug-likeness (QED) is 0.422. The SMILES string of the molecule is Cc1ccc(Sc2ccc(/C=C(/C#N)C(=O)N3CCN(c4ccccc4)CC3)o2)cc1. The van der Waals surface area contributed by atoms with Gasteiger partial charge in [0.15, 0.2) is 5.09 Å². The van der Waals surface area contributed by atoms with Crippen LogP contribution >= 0.6 is 11.8 Å². The normalized spacial score (nSPS) is 14.4. The molecule has 31 heavy (non-hydrogen) atoms. The average molecular weight is 430 g/mol. The van der Waals surface area contributed by atoms with Crippen LogP contribution in [0.15, 0.2) is 86.7 Å². The molecule has 1 aromatic heterocycles.